The molecule has 1 nitrogen and oxygen atoms in total. The van der Waals surface area contributed by atoms with Crippen LogP contribution in [-0.4, -0.2) is 70.3 Å². The Bertz CT molecular complexity index is 58.1. The molecule has 0 spiro atoms. The molecular weight excluding hydrogens is 158 g/mol. The number of aliphatic hydroxyl groups excluding tert-OH is 1. The summed E-state index contributed by atoms with van der Waals surface area (Å²) in [5, 5.41) is 8.85. The molecule has 0 amide bonds. The molecule has 11 heavy (non-hydrogen) atoms. The fraction of sp³-hybridized carbons (Fsp3) is 1.00. The summed E-state index contributed by atoms with van der Waals surface area (Å²) in [6, 6.07) is 0. The minimum absolute atomic E-state index is 0. The second-order valence-electron chi connectivity index (χ2n) is 2.70. The van der Waals surface area contributed by atoms with E-state index < -0.39 is 0 Å². The van der Waals surface area contributed by atoms with E-state index in [1.54, 1.807) is 0 Å². The van der Waals surface area contributed by atoms with Gasteiger partial charge in [-0.1, -0.05) is 32.6 Å². The third-order valence-electron chi connectivity index (χ3n) is 1.48. The molecule has 0 aliphatic rings. The number of hydrogen-bond acceptors (Lipinski definition) is 1. The van der Waals surface area contributed by atoms with Gasteiger partial charge in [-0.2, -0.15) is 0 Å². The molecule has 0 aromatic carbocycles. The van der Waals surface area contributed by atoms with Gasteiger partial charge >= 0.3 is 59.1 Å². The predicted octanol–water partition coefficient (Wildman–Crippen LogP) is 1.04. The molecule has 0 saturated heterocycles. The molecule has 0 bridgehead atoms. The molecule has 0 radical (unpaired) electrons. The molecule has 0 aliphatic heterocycles. The molecule has 0 aromatic rings. The van der Waals surface area contributed by atoms with Crippen LogP contribution in [0, 0.1) is 0 Å². The van der Waals surface area contributed by atoms with E-state index in [2.05, 4.69) is 6.92 Å². The van der Waals surface area contributed by atoms with Gasteiger partial charge in [0.05, 0.1) is 6.10 Å². The van der Waals surface area contributed by atoms with Crippen LogP contribution in [0.2, 0.25) is 0 Å². The Balaban J connectivity index is -0.000000320. The molecule has 0 heterocycles. The van der Waals surface area contributed by atoms with Gasteiger partial charge in [0.2, 0.25) is 0 Å². The number of aliphatic hydroxyl groups is 1. The molecule has 3 heteroatoms. The van der Waals surface area contributed by atoms with Crippen LogP contribution >= 0.6 is 0 Å². The van der Waals surface area contributed by atoms with Gasteiger partial charge in [0.25, 0.3) is 0 Å². The fourth-order valence-electron chi connectivity index (χ4n) is 0.867. The van der Waals surface area contributed by atoms with E-state index in [1.165, 1.54) is 25.7 Å². The van der Waals surface area contributed by atoms with Crippen LogP contribution in [0.5, 0.6) is 0 Å². The van der Waals surface area contributed by atoms with Crippen molar-refractivity contribution < 1.29 is 5.11 Å². The quantitative estimate of drug-likeness (QED) is 0.492. The zero-order valence-corrected chi connectivity index (χ0v) is 6.56. The number of unbranched alkanes of at least 4 members (excludes halogenated alkanes) is 3. The monoisotopic (exact) mass is 178 g/mol. The first-order valence-corrected chi connectivity index (χ1v) is 3.95. The first kappa shape index (κ1) is 18.7. The van der Waals surface area contributed by atoms with Crippen LogP contribution in [-0.2, 0) is 0 Å². The Morgan fingerprint density at radius 1 is 1.09 bits per heavy atom. The second-order valence-corrected chi connectivity index (χ2v) is 2.70. The van der Waals surface area contributed by atoms with Gasteiger partial charge in [0, 0.05) is 0 Å². The van der Waals surface area contributed by atoms with E-state index in [-0.39, 0.29) is 65.2 Å². The molecule has 0 rings (SSSR count). The van der Waals surface area contributed by atoms with Gasteiger partial charge in [-0.05, 0) is 13.3 Å². The first-order valence-electron chi connectivity index (χ1n) is 3.95. The number of hydrogen-bond donors (Lipinski definition) is 1. The van der Waals surface area contributed by atoms with E-state index in [0.29, 0.717) is 0 Å². The number of rotatable bonds is 5. The van der Waals surface area contributed by atoms with Crippen LogP contribution in [0.4, 0.5) is 0 Å². The molecule has 1 unspecified atom stereocenters. The summed E-state index contributed by atoms with van der Waals surface area (Å²) in [6.07, 6.45) is 5.93. The second kappa shape index (κ2) is 14.5. The standard InChI is InChI=1S/C8H18O.2Na.2H/c1-3-4-5-6-7-8(2)9;;;;/h8-9H,3-7H2,1-2H3;;;;. The van der Waals surface area contributed by atoms with Crippen LogP contribution in [0.3, 0.4) is 0 Å². The van der Waals surface area contributed by atoms with Crippen LogP contribution < -0.4 is 0 Å². The van der Waals surface area contributed by atoms with Crippen LogP contribution in [0.15, 0.2) is 0 Å². The van der Waals surface area contributed by atoms with Gasteiger partial charge in [-0.15, -0.1) is 0 Å². The summed E-state index contributed by atoms with van der Waals surface area (Å²) in [7, 11) is 0. The molecule has 1 atom stereocenters. The summed E-state index contributed by atoms with van der Waals surface area (Å²) in [6.45, 7) is 4.05. The van der Waals surface area contributed by atoms with Crippen LogP contribution in [0.25, 0.3) is 0 Å². The van der Waals surface area contributed by atoms with Crippen molar-refractivity contribution in [2.75, 3.05) is 0 Å². The van der Waals surface area contributed by atoms with Crippen molar-refractivity contribution in [1.82, 2.24) is 0 Å². The van der Waals surface area contributed by atoms with Crippen molar-refractivity contribution in [3.8, 4) is 0 Å². The summed E-state index contributed by atoms with van der Waals surface area (Å²) in [4.78, 5) is 0. The maximum atomic E-state index is 8.85. The van der Waals surface area contributed by atoms with Crippen molar-refractivity contribution in [3.63, 3.8) is 0 Å². The van der Waals surface area contributed by atoms with Gasteiger partial charge in [0.1, 0.15) is 0 Å². The molecule has 60 valence electrons. The Morgan fingerprint density at radius 2 is 1.64 bits per heavy atom. The third kappa shape index (κ3) is 18.7. The average Bonchev–Trinajstić information content (AvgIpc) is 1.80. The van der Waals surface area contributed by atoms with E-state index in [0.717, 1.165) is 6.42 Å². The molecule has 0 aliphatic carbocycles. The normalized spacial score (nSPS) is 11.2. The maximum absolute atomic E-state index is 8.85. The average molecular weight is 178 g/mol. The molecule has 0 fully saturated rings. The Morgan fingerprint density at radius 3 is 2.00 bits per heavy atom. The first-order chi connectivity index (χ1) is 4.27. The SMILES string of the molecule is CCCCCCC(C)O.[NaH].[NaH]. The van der Waals surface area contributed by atoms with E-state index in [1.807, 2.05) is 6.92 Å². The molecular formula is C8H20Na2O. The Kier molecular flexibility index (Phi) is 24.6. The van der Waals surface area contributed by atoms with Gasteiger partial charge < -0.3 is 5.11 Å². The summed E-state index contributed by atoms with van der Waals surface area (Å²) in [5.41, 5.74) is 0. The topological polar surface area (TPSA) is 20.2 Å². The van der Waals surface area contributed by atoms with E-state index in [4.69, 9.17) is 5.11 Å². The third-order valence-corrected chi connectivity index (χ3v) is 1.48. The zero-order valence-electron chi connectivity index (χ0n) is 6.56. The van der Waals surface area contributed by atoms with Crippen molar-refractivity contribution in [1.29, 1.82) is 0 Å². The Hall–Kier alpha value is 1.96. The van der Waals surface area contributed by atoms with Crippen molar-refractivity contribution in [2.24, 2.45) is 0 Å². The molecule has 0 saturated carbocycles. The van der Waals surface area contributed by atoms with Crippen molar-refractivity contribution >= 4 is 59.1 Å². The Labute approximate surface area is 115 Å². The summed E-state index contributed by atoms with van der Waals surface area (Å²) in [5.74, 6) is 0. The van der Waals surface area contributed by atoms with Gasteiger partial charge in [0.15, 0.2) is 0 Å². The predicted molar refractivity (Wildman–Crippen MR) is 54.7 cm³/mol. The molecule has 1 N–H and O–H groups in total. The van der Waals surface area contributed by atoms with Crippen molar-refractivity contribution in [3.05, 3.63) is 0 Å². The summed E-state index contributed by atoms with van der Waals surface area (Å²) >= 11 is 0. The van der Waals surface area contributed by atoms with E-state index in [9.17, 15) is 0 Å². The van der Waals surface area contributed by atoms with Gasteiger partial charge in [-0.25, -0.2) is 0 Å². The fourth-order valence-corrected chi connectivity index (χ4v) is 0.867. The van der Waals surface area contributed by atoms with E-state index >= 15 is 0 Å². The minimum atomic E-state index is -0.0955. The van der Waals surface area contributed by atoms with Gasteiger partial charge in [-0.3, -0.25) is 0 Å². The summed E-state index contributed by atoms with van der Waals surface area (Å²) < 4.78 is 0. The molecule has 0 aromatic heterocycles. The van der Waals surface area contributed by atoms with Crippen molar-refractivity contribution in [2.45, 2.75) is 52.1 Å². The zero-order chi connectivity index (χ0) is 7.11. The van der Waals surface area contributed by atoms with Crippen LogP contribution in [0.1, 0.15) is 46.0 Å².